The van der Waals surface area contributed by atoms with Gasteiger partial charge in [0.25, 0.3) is 0 Å². The summed E-state index contributed by atoms with van der Waals surface area (Å²) in [5.41, 5.74) is 2.84. The number of ether oxygens (including phenoxy) is 2. The molecule has 8 heteroatoms. The molecular formula is C16H21N5O3. The third-order valence-corrected chi connectivity index (χ3v) is 4.61. The minimum Gasteiger partial charge on any atom is -0.389 e. The topological polar surface area (TPSA) is 94.3 Å². The zero-order chi connectivity index (χ0) is 16.7. The molecule has 2 N–H and O–H groups in total. The van der Waals surface area contributed by atoms with E-state index in [1.54, 1.807) is 12.4 Å². The highest BCUT2D eigenvalue weighted by Crippen LogP contribution is 2.36. The normalized spacial score (nSPS) is 32.2. The molecule has 0 amide bonds. The molecule has 2 saturated heterocycles. The first kappa shape index (κ1) is 15.6. The summed E-state index contributed by atoms with van der Waals surface area (Å²) < 4.78 is 13.5. The molecule has 0 aliphatic carbocycles. The lowest BCUT2D eigenvalue weighted by molar-refractivity contribution is -0.168. The van der Waals surface area contributed by atoms with Gasteiger partial charge in [-0.3, -0.25) is 4.68 Å². The van der Waals surface area contributed by atoms with Crippen molar-refractivity contribution in [1.29, 1.82) is 0 Å². The van der Waals surface area contributed by atoms with Crippen molar-refractivity contribution < 1.29 is 14.6 Å². The number of hydrogen-bond acceptors (Lipinski definition) is 7. The van der Waals surface area contributed by atoms with Crippen LogP contribution in [0.4, 0.5) is 0 Å². The van der Waals surface area contributed by atoms with Crippen LogP contribution >= 0.6 is 0 Å². The number of aryl methyl sites for hydroxylation is 2. The number of nitrogens with one attached hydrogen (secondary N) is 1. The van der Waals surface area contributed by atoms with Crippen LogP contribution in [0.2, 0.25) is 0 Å². The van der Waals surface area contributed by atoms with Crippen molar-refractivity contribution in [2.24, 2.45) is 0 Å². The van der Waals surface area contributed by atoms with Crippen molar-refractivity contribution in [3.8, 4) is 0 Å². The Labute approximate surface area is 139 Å². The summed E-state index contributed by atoms with van der Waals surface area (Å²) >= 11 is 0. The van der Waals surface area contributed by atoms with Gasteiger partial charge in [0.1, 0.15) is 18.5 Å². The zero-order valence-corrected chi connectivity index (χ0v) is 13.7. The second-order valence-corrected chi connectivity index (χ2v) is 6.38. The third kappa shape index (κ3) is 2.71. The van der Waals surface area contributed by atoms with E-state index in [9.17, 15) is 5.11 Å². The number of hydrogen-bond donors (Lipinski definition) is 2. The molecule has 2 aromatic heterocycles. The van der Waals surface area contributed by atoms with Crippen LogP contribution in [0.15, 0.2) is 24.8 Å². The molecule has 0 unspecified atom stereocenters. The first-order valence-electron chi connectivity index (χ1n) is 8.08. The Hall–Kier alpha value is -1.87. The molecule has 2 aliphatic rings. The number of rotatable bonds is 4. The van der Waals surface area contributed by atoms with Gasteiger partial charge in [0.15, 0.2) is 6.29 Å². The lowest BCUT2D eigenvalue weighted by Gasteiger charge is -2.39. The molecule has 8 nitrogen and oxygen atoms in total. The van der Waals surface area contributed by atoms with Gasteiger partial charge in [-0.05, 0) is 19.9 Å². The van der Waals surface area contributed by atoms with Crippen molar-refractivity contribution in [2.45, 2.75) is 51.0 Å². The lowest BCUT2D eigenvalue weighted by Crippen LogP contribution is -2.57. The maximum absolute atomic E-state index is 11.0. The molecule has 0 aromatic carbocycles. The smallest absolute Gasteiger partial charge is 0.183 e. The summed E-state index contributed by atoms with van der Waals surface area (Å²) in [5, 5.41) is 18.8. The van der Waals surface area contributed by atoms with Crippen LogP contribution in [0, 0.1) is 13.8 Å². The molecule has 2 aromatic rings. The molecule has 0 spiro atoms. The van der Waals surface area contributed by atoms with Gasteiger partial charge >= 0.3 is 0 Å². The van der Waals surface area contributed by atoms with E-state index in [-0.39, 0.29) is 18.2 Å². The summed E-state index contributed by atoms with van der Waals surface area (Å²) in [6.07, 6.45) is 3.68. The Morgan fingerprint density at radius 1 is 1.33 bits per heavy atom. The van der Waals surface area contributed by atoms with Crippen molar-refractivity contribution >= 4 is 0 Å². The Kier molecular flexibility index (Phi) is 4.05. The Balaban J connectivity index is 1.55. The summed E-state index contributed by atoms with van der Waals surface area (Å²) in [4.78, 5) is 8.02. The predicted octanol–water partition coefficient (Wildman–Crippen LogP) is 0.105. The summed E-state index contributed by atoms with van der Waals surface area (Å²) in [5.74, 6) is 0. The Morgan fingerprint density at radius 2 is 2.12 bits per heavy atom. The molecule has 2 aliphatic heterocycles. The third-order valence-electron chi connectivity index (χ3n) is 4.61. The number of aliphatic hydroxyl groups is 1. The molecule has 2 fully saturated rings. The molecule has 0 radical (unpaired) electrons. The van der Waals surface area contributed by atoms with Crippen LogP contribution in [-0.2, 0) is 16.0 Å². The van der Waals surface area contributed by atoms with Crippen LogP contribution in [0.5, 0.6) is 0 Å². The maximum atomic E-state index is 11.0. The van der Waals surface area contributed by atoms with Crippen molar-refractivity contribution in [2.75, 3.05) is 6.61 Å². The van der Waals surface area contributed by atoms with Gasteiger partial charge in [0.2, 0.25) is 0 Å². The summed E-state index contributed by atoms with van der Waals surface area (Å²) in [6, 6.07) is 1.36. The van der Waals surface area contributed by atoms with Crippen molar-refractivity contribution in [1.82, 2.24) is 25.1 Å². The highest BCUT2D eigenvalue weighted by Gasteiger charge is 2.51. The van der Waals surface area contributed by atoms with Crippen LogP contribution in [-0.4, -0.2) is 56.0 Å². The van der Waals surface area contributed by atoms with E-state index in [2.05, 4.69) is 20.4 Å². The van der Waals surface area contributed by atoms with E-state index in [4.69, 9.17) is 9.47 Å². The summed E-state index contributed by atoms with van der Waals surface area (Å²) in [6.45, 7) is 4.91. The van der Waals surface area contributed by atoms with Crippen LogP contribution in [0.3, 0.4) is 0 Å². The minimum atomic E-state index is -0.668. The number of nitrogens with zero attached hydrogens (tertiary/aromatic N) is 4. The molecule has 128 valence electrons. The molecule has 24 heavy (non-hydrogen) atoms. The molecule has 4 heterocycles. The van der Waals surface area contributed by atoms with Crippen molar-refractivity contribution in [3.05, 3.63) is 41.7 Å². The lowest BCUT2D eigenvalue weighted by atomic mass is 9.95. The van der Waals surface area contributed by atoms with Crippen LogP contribution in [0.1, 0.15) is 23.0 Å². The van der Waals surface area contributed by atoms with E-state index < -0.39 is 12.4 Å². The highest BCUT2D eigenvalue weighted by molar-refractivity contribution is 5.11. The Morgan fingerprint density at radius 3 is 2.83 bits per heavy atom. The second-order valence-electron chi connectivity index (χ2n) is 6.38. The van der Waals surface area contributed by atoms with Gasteiger partial charge in [-0.25, -0.2) is 9.97 Å². The summed E-state index contributed by atoms with van der Waals surface area (Å²) in [7, 11) is 0. The molecule has 5 atom stereocenters. The minimum absolute atomic E-state index is 0.178. The molecule has 4 rings (SSSR count). The first-order chi connectivity index (χ1) is 11.6. The SMILES string of the molecule is Cc1cc(C)n([C@H]2[C@@H]3OC[C@@H](O3)[C@@H](NCc3cncnc3)[C@@H]2O)n1. The molecule has 2 bridgehead atoms. The van der Waals surface area contributed by atoms with E-state index in [1.165, 1.54) is 6.33 Å². The van der Waals surface area contributed by atoms with Gasteiger partial charge in [-0.1, -0.05) is 0 Å². The molecular weight excluding hydrogens is 310 g/mol. The maximum Gasteiger partial charge on any atom is 0.183 e. The second kappa shape index (κ2) is 6.21. The van der Waals surface area contributed by atoms with E-state index in [1.807, 2.05) is 24.6 Å². The van der Waals surface area contributed by atoms with Crippen molar-refractivity contribution in [3.63, 3.8) is 0 Å². The van der Waals surface area contributed by atoms with Gasteiger partial charge < -0.3 is 19.9 Å². The highest BCUT2D eigenvalue weighted by atomic mass is 16.7. The Bertz CT molecular complexity index is 707. The van der Waals surface area contributed by atoms with Gasteiger partial charge in [-0.2, -0.15) is 5.10 Å². The zero-order valence-electron chi connectivity index (χ0n) is 13.7. The van der Waals surface area contributed by atoms with Gasteiger partial charge in [0, 0.05) is 30.2 Å². The number of fused-ring (bicyclic) bond motifs is 2. The fraction of sp³-hybridized carbons (Fsp3) is 0.562. The van der Waals surface area contributed by atoms with E-state index in [0.29, 0.717) is 13.2 Å². The average Bonchev–Trinajstić information content (AvgIpc) is 3.13. The monoisotopic (exact) mass is 331 g/mol. The average molecular weight is 331 g/mol. The van der Waals surface area contributed by atoms with Crippen LogP contribution < -0.4 is 5.32 Å². The molecule has 0 saturated carbocycles. The van der Waals surface area contributed by atoms with E-state index in [0.717, 1.165) is 17.0 Å². The fourth-order valence-corrected chi connectivity index (χ4v) is 3.52. The predicted molar refractivity (Wildman–Crippen MR) is 84.0 cm³/mol. The largest absolute Gasteiger partial charge is 0.389 e. The van der Waals surface area contributed by atoms with Gasteiger partial charge in [0.05, 0.1) is 24.4 Å². The first-order valence-corrected chi connectivity index (χ1v) is 8.08. The number of aliphatic hydroxyl groups excluding tert-OH is 1. The van der Waals surface area contributed by atoms with Gasteiger partial charge in [-0.15, -0.1) is 0 Å². The van der Waals surface area contributed by atoms with E-state index >= 15 is 0 Å². The standard InChI is InChI=1S/C16H21N5O3/c1-9-3-10(2)21(20-9)14-15(22)13(12-7-23-16(14)24-12)19-6-11-4-17-8-18-5-11/h3-5,8,12-16,19,22H,6-7H2,1-2H3/t12-,13-,14-,15+,16-/m1/s1. The fourth-order valence-electron chi connectivity index (χ4n) is 3.52. The van der Waals surface area contributed by atoms with Crippen LogP contribution in [0.25, 0.3) is 0 Å². The number of aromatic nitrogens is 4. The quantitative estimate of drug-likeness (QED) is 0.821.